The van der Waals surface area contributed by atoms with Crippen molar-refractivity contribution in [3.05, 3.63) is 83.6 Å². The van der Waals surface area contributed by atoms with Gasteiger partial charge < -0.3 is 15.3 Å². The van der Waals surface area contributed by atoms with Crippen LogP contribution in [-0.2, 0) is 12.7 Å². The second kappa shape index (κ2) is 9.50. The van der Waals surface area contributed by atoms with Crippen molar-refractivity contribution >= 4 is 17.4 Å². The molecule has 2 heterocycles. The molecule has 1 aliphatic rings. The Hall–Kier alpha value is -3.59. The van der Waals surface area contributed by atoms with E-state index in [-0.39, 0.29) is 5.75 Å². The molecule has 0 unspecified atom stereocenters. The first-order valence-electron chi connectivity index (χ1n) is 10.5. The summed E-state index contributed by atoms with van der Waals surface area (Å²) in [7, 11) is 0. The number of benzene rings is 2. The van der Waals surface area contributed by atoms with Gasteiger partial charge in [0, 0.05) is 38.3 Å². The number of halogens is 3. The van der Waals surface area contributed by atoms with Gasteiger partial charge in [-0.05, 0) is 30.3 Å². The van der Waals surface area contributed by atoms with Crippen LogP contribution >= 0.6 is 0 Å². The normalized spacial score (nSPS) is 14.8. The number of carbonyl (C=O) groups excluding carboxylic acids is 1. The van der Waals surface area contributed by atoms with Crippen LogP contribution in [0, 0.1) is 0 Å². The van der Waals surface area contributed by atoms with Gasteiger partial charge in [0.1, 0.15) is 11.6 Å². The van der Waals surface area contributed by atoms with Gasteiger partial charge in [-0.15, -0.1) is 0 Å². The Morgan fingerprint density at radius 2 is 1.67 bits per heavy atom. The van der Waals surface area contributed by atoms with Crippen LogP contribution < -0.4 is 10.2 Å². The Kier molecular flexibility index (Phi) is 6.50. The molecule has 1 amide bonds. The number of phenolic OH excluding ortho intramolecular Hbond substituents is 1. The van der Waals surface area contributed by atoms with Crippen molar-refractivity contribution in [2.45, 2.75) is 12.7 Å². The van der Waals surface area contributed by atoms with Crippen LogP contribution in [0.4, 0.5) is 24.7 Å². The highest BCUT2D eigenvalue weighted by Crippen LogP contribution is 2.32. The Bertz CT molecular complexity index is 1110. The fourth-order valence-corrected chi connectivity index (χ4v) is 3.79. The Morgan fingerprint density at radius 3 is 2.33 bits per heavy atom. The van der Waals surface area contributed by atoms with Gasteiger partial charge in [-0.3, -0.25) is 9.69 Å². The van der Waals surface area contributed by atoms with Crippen molar-refractivity contribution in [1.29, 1.82) is 0 Å². The Labute approximate surface area is 189 Å². The van der Waals surface area contributed by atoms with E-state index in [0.29, 0.717) is 12.2 Å². The van der Waals surface area contributed by atoms with Gasteiger partial charge in [0.25, 0.3) is 5.91 Å². The number of alkyl halides is 3. The third-order valence-corrected chi connectivity index (χ3v) is 5.56. The fraction of sp³-hybridized carbons (Fsp3) is 0.250. The molecule has 1 fully saturated rings. The summed E-state index contributed by atoms with van der Waals surface area (Å²) in [5.41, 5.74) is -0.210. The number of pyridine rings is 1. The number of hydrogen-bond donors (Lipinski definition) is 2. The third kappa shape index (κ3) is 5.43. The molecule has 9 heteroatoms. The number of rotatable bonds is 5. The molecule has 0 saturated carbocycles. The number of hydrogen-bond acceptors (Lipinski definition) is 5. The van der Waals surface area contributed by atoms with Crippen LogP contribution in [0.25, 0.3) is 0 Å². The smallest absolute Gasteiger partial charge is 0.417 e. The van der Waals surface area contributed by atoms with Crippen LogP contribution in [-0.4, -0.2) is 47.1 Å². The number of aromatic hydroxyl groups is 1. The average molecular weight is 456 g/mol. The third-order valence-electron chi connectivity index (χ3n) is 5.56. The number of anilines is 2. The minimum absolute atomic E-state index is 0.289. The number of amides is 1. The molecule has 1 aliphatic heterocycles. The maximum atomic E-state index is 13.2. The quantitative estimate of drug-likeness (QED) is 0.597. The van der Waals surface area contributed by atoms with Crippen LogP contribution in [0.3, 0.4) is 0 Å². The standard InChI is InChI=1S/C24H23F3N4O2/c25-24(26,27)20-7-3-2-6-19(20)23(33)29-18-9-10-22(28-15-18)31-13-11-30(12-14-31)16-17-5-1-4-8-21(17)32/h1-10,15,32H,11-14,16H2,(H,29,33). The topological polar surface area (TPSA) is 68.7 Å². The van der Waals surface area contributed by atoms with Gasteiger partial charge in [-0.25, -0.2) is 4.98 Å². The van der Waals surface area contributed by atoms with E-state index in [4.69, 9.17) is 0 Å². The highest BCUT2D eigenvalue weighted by atomic mass is 19.4. The molecule has 4 rings (SSSR count). The molecular weight excluding hydrogens is 433 g/mol. The minimum Gasteiger partial charge on any atom is -0.508 e. The summed E-state index contributed by atoms with van der Waals surface area (Å²) >= 11 is 0. The van der Waals surface area contributed by atoms with E-state index in [9.17, 15) is 23.1 Å². The summed E-state index contributed by atoms with van der Waals surface area (Å²) in [6.07, 6.45) is -3.17. The number of carbonyl (C=O) groups is 1. The molecule has 3 aromatic rings. The van der Waals surface area contributed by atoms with Crippen LogP contribution in [0.5, 0.6) is 5.75 Å². The first-order chi connectivity index (χ1) is 15.8. The van der Waals surface area contributed by atoms with Crippen LogP contribution in [0.15, 0.2) is 66.9 Å². The molecule has 2 N–H and O–H groups in total. The lowest BCUT2D eigenvalue weighted by molar-refractivity contribution is -0.137. The zero-order chi connectivity index (χ0) is 23.4. The zero-order valence-corrected chi connectivity index (χ0v) is 17.7. The maximum Gasteiger partial charge on any atom is 0.417 e. The number of nitrogens with one attached hydrogen (secondary N) is 1. The Morgan fingerprint density at radius 1 is 0.970 bits per heavy atom. The SMILES string of the molecule is O=C(Nc1ccc(N2CCN(Cc3ccccc3O)CC2)nc1)c1ccccc1C(F)(F)F. The monoisotopic (exact) mass is 456 g/mol. The van der Waals surface area contributed by atoms with Crippen LogP contribution in [0.1, 0.15) is 21.5 Å². The summed E-state index contributed by atoms with van der Waals surface area (Å²) in [6.45, 7) is 3.74. The summed E-state index contributed by atoms with van der Waals surface area (Å²) in [4.78, 5) is 21.1. The van der Waals surface area contributed by atoms with E-state index in [0.717, 1.165) is 49.7 Å². The zero-order valence-electron chi connectivity index (χ0n) is 17.7. The Balaban J connectivity index is 1.35. The molecule has 2 aromatic carbocycles. The molecule has 33 heavy (non-hydrogen) atoms. The van der Waals surface area contributed by atoms with E-state index in [1.165, 1.54) is 18.3 Å². The van der Waals surface area contributed by atoms with Gasteiger partial charge in [-0.1, -0.05) is 30.3 Å². The molecule has 0 aliphatic carbocycles. The molecule has 0 radical (unpaired) electrons. The second-order valence-electron chi connectivity index (χ2n) is 7.79. The predicted octanol–water partition coefficient (Wildman–Crippen LogP) is 4.38. The van der Waals surface area contributed by atoms with E-state index in [1.807, 2.05) is 12.1 Å². The lowest BCUT2D eigenvalue weighted by Crippen LogP contribution is -2.46. The van der Waals surface area contributed by atoms with Gasteiger partial charge in [0.2, 0.25) is 0 Å². The molecule has 0 spiro atoms. The van der Waals surface area contributed by atoms with Gasteiger partial charge in [0.15, 0.2) is 0 Å². The van der Waals surface area contributed by atoms with Crippen molar-refractivity contribution in [2.24, 2.45) is 0 Å². The molecule has 1 saturated heterocycles. The lowest BCUT2D eigenvalue weighted by Gasteiger charge is -2.35. The molecule has 172 valence electrons. The summed E-state index contributed by atoms with van der Waals surface area (Å²) in [6, 6.07) is 15.3. The summed E-state index contributed by atoms with van der Waals surface area (Å²) in [5.74, 6) is 0.179. The van der Waals surface area contributed by atoms with Crippen molar-refractivity contribution in [2.75, 3.05) is 36.4 Å². The molecule has 1 aromatic heterocycles. The van der Waals surface area contributed by atoms with Crippen molar-refractivity contribution in [3.8, 4) is 5.75 Å². The van der Waals surface area contributed by atoms with Crippen LogP contribution in [0.2, 0.25) is 0 Å². The van der Waals surface area contributed by atoms with Crippen molar-refractivity contribution < 1.29 is 23.1 Å². The molecular formula is C24H23F3N4O2. The number of nitrogens with zero attached hydrogens (tertiary/aromatic N) is 3. The van der Waals surface area contributed by atoms with E-state index in [2.05, 4.69) is 20.1 Å². The maximum absolute atomic E-state index is 13.2. The lowest BCUT2D eigenvalue weighted by atomic mass is 10.1. The van der Waals surface area contributed by atoms with Gasteiger partial charge in [0.05, 0.1) is 23.0 Å². The van der Waals surface area contributed by atoms with E-state index in [1.54, 1.807) is 24.3 Å². The molecule has 0 bridgehead atoms. The predicted molar refractivity (Wildman–Crippen MR) is 119 cm³/mol. The first-order valence-corrected chi connectivity index (χ1v) is 10.5. The van der Waals surface area contributed by atoms with E-state index < -0.39 is 23.2 Å². The first kappa shape index (κ1) is 22.6. The largest absolute Gasteiger partial charge is 0.508 e. The average Bonchev–Trinajstić information content (AvgIpc) is 2.81. The number of para-hydroxylation sites is 1. The minimum atomic E-state index is -4.61. The summed E-state index contributed by atoms with van der Waals surface area (Å²) in [5, 5.41) is 12.4. The molecule has 6 nitrogen and oxygen atoms in total. The highest BCUT2D eigenvalue weighted by Gasteiger charge is 2.34. The molecule has 0 atom stereocenters. The number of piperazine rings is 1. The number of phenols is 1. The van der Waals surface area contributed by atoms with E-state index >= 15 is 0 Å². The number of aromatic nitrogens is 1. The second-order valence-corrected chi connectivity index (χ2v) is 7.79. The fourth-order valence-electron chi connectivity index (χ4n) is 3.79. The van der Waals surface area contributed by atoms with Gasteiger partial charge in [-0.2, -0.15) is 13.2 Å². The summed E-state index contributed by atoms with van der Waals surface area (Å²) < 4.78 is 39.5. The van der Waals surface area contributed by atoms with Crippen molar-refractivity contribution in [3.63, 3.8) is 0 Å². The van der Waals surface area contributed by atoms with Crippen molar-refractivity contribution in [1.82, 2.24) is 9.88 Å². The van der Waals surface area contributed by atoms with Gasteiger partial charge >= 0.3 is 6.18 Å². The highest BCUT2D eigenvalue weighted by molar-refractivity contribution is 6.05.